The smallest absolute Gasteiger partial charge is 0.161 e. The third-order valence-corrected chi connectivity index (χ3v) is 3.67. The molecule has 0 bridgehead atoms. The van der Waals surface area contributed by atoms with Crippen LogP contribution in [0.15, 0.2) is 35.2 Å². The predicted octanol–water partition coefficient (Wildman–Crippen LogP) is 2.79. The van der Waals surface area contributed by atoms with E-state index >= 15 is 0 Å². The molecule has 0 saturated carbocycles. The maximum atomic E-state index is 5.47. The van der Waals surface area contributed by atoms with Gasteiger partial charge in [0.05, 0.1) is 13.2 Å². The van der Waals surface area contributed by atoms with Crippen LogP contribution in [-0.4, -0.2) is 25.3 Å². The van der Waals surface area contributed by atoms with Gasteiger partial charge in [-0.25, -0.2) is 0 Å². The summed E-state index contributed by atoms with van der Waals surface area (Å²) in [6.07, 6.45) is 0.00112. The van der Waals surface area contributed by atoms with Crippen LogP contribution in [0.3, 0.4) is 0 Å². The van der Waals surface area contributed by atoms with Crippen molar-refractivity contribution in [3.8, 4) is 0 Å². The average Bonchev–Trinajstić information content (AvgIpc) is 2.81. The first kappa shape index (κ1) is 11.0. The topological polar surface area (TPSA) is 18.5 Å². The predicted molar refractivity (Wildman–Crippen MR) is 62.0 cm³/mol. The van der Waals surface area contributed by atoms with Crippen molar-refractivity contribution in [2.24, 2.45) is 5.92 Å². The van der Waals surface area contributed by atoms with Crippen LogP contribution in [0, 0.1) is 5.92 Å². The van der Waals surface area contributed by atoms with Crippen molar-refractivity contribution in [3.05, 3.63) is 30.3 Å². The Kier molecular flexibility index (Phi) is 4.06. The summed E-state index contributed by atoms with van der Waals surface area (Å²) in [6, 6.07) is 10.4. The van der Waals surface area contributed by atoms with E-state index in [1.165, 1.54) is 4.90 Å². The van der Waals surface area contributed by atoms with Gasteiger partial charge < -0.3 is 9.47 Å². The number of hydrogen-bond acceptors (Lipinski definition) is 3. The molecule has 1 aliphatic rings. The second-order valence-electron chi connectivity index (χ2n) is 3.71. The van der Waals surface area contributed by atoms with E-state index in [1.807, 2.05) is 17.8 Å². The van der Waals surface area contributed by atoms with Gasteiger partial charge >= 0.3 is 0 Å². The van der Waals surface area contributed by atoms with Gasteiger partial charge in [0.15, 0.2) is 6.29 Å². The summed E-state index contributed by atoms with van der Waals surface area (Å²) >= 11 is 1.86. The lowest BCUT2D eigenvalue weighted by atomic mass is 10.2. The van der Waals surface area contributed by atoms with Gasteiger partial charge in [-0.2, -0.15) is 0 Å². The Bertz CT molecular complexity index is 283. The van der Waals surface area contributed by atoms with Gasteiger partial charge in [-0.1, -0.05) is 25.1 Å². The van der Waals surface area contributed by atoms with Gasteiger partial charge in [0, 0.05) is 16.6 Å². The first-order valence-electron chi connectivity index (χ1n) is 5.27. The van der Waals surface area contributed by atoms with Crippen molar-refractivity contribution < 1.29 is 9.47 Å². The van der Waals surface area contributed by atoms with Crippen molar-refractivity contribution in [3.63, 3.8) is 0 Å². The largest absolute Gasteiger partial charge is 0.350 e. The Labute approximate surface area is 95.0 Å². The molecule has 2 nitrogen and oxygen atoms in total. The Morgan fingerprint density at radius 2 is 1.93 bits per heavy atom. The zero-order chi connectivity index (χ0) is 10.5. The molecule has 1 aromatic carbocycles. The molecule has 82 valence electrons. The third-order valence-electron chi connectivity index (χ3n) is 2.37. The fourth-order valence-corrected chi connectivity index (χ4v) is 2.49. The van der Waals surface area contributed by atoms with Crippen LogP contribution < -0.4 is 0 Å². The molecule has 1 unspecified atom stereocenters. The summed E-state index contributed by atoms with van der Waals surface area (Å²) in [5.41, 5.74) is 0. The molecule has 1 aliphatic heterocycles. The third kappa shape index (κ3) is 3.23. The van der Waals surface area contributed by atoms with Crippen LogP contribution in [0.5, 0.6) is 0 Å². The number of benzene rings is 1. The summed E-state index contributed by atoms with van der Waals surface area (Å²) in [6.45, 7) is 3.65. The molecule has 1 aromatic rings. The molecule has 0 N–H and O–H groups in total. The second-order valence-corrected chi connectivity index (χ2v) is 4.80. The minimum Gasteiger partial charge on any atom is -0.350 e. The standard InChI is InChI=1S/C12H16O2S/c1-10(12-13-7-8-14-12)9-15-11-5-3-2-4-6-11/h2-6,10,12H,7-9H2,1H3. The molecule has 0 radical (unpaired) electrons. The molecule has 1 saturated heterocycles. The van der Waals surface area contributed by atoms with E-state index in [0.717, 1.165) is 19.0 Å². The van der Waals surface area contributed by atoms with E-state index in [9.17, 15) is 0 Å². The minimum atomic E-state index is 0.00112. The van der Waals surface area contributed by atoms with Gasteiger partial charge in [0.25, 0.3) is 0 Å². The van der Waals surface area contributed by atoms with Gasteiger partial charge in [-0.05, 0) is 12.1 Å². The quantitative estimate of drug-likeness (QED) is 0.733. The fraction of sp³-hybridized carbons (Fsp3) is 0.500. The molecule has 1 atom stereocenters. The average molecular weight is 224 g/mol. The number of ether oxygens (including phenoxy) is 2. The second kappa shape index (κ2) is 5.54. The molecule has 3 heteroatoms. The molecule has 0 spiro atoms. The van der Waals surface area contributed by atoms with Gasteiger partial charge in [0.1, 0.15) is 0 Å². The SMILES string of the molecule is CC(CSc1ccccc1)C1OCCO1. The highest BCUT2D eigenvalue weighted by Crippen LogP contribution is 2.24. The Morgan fingerprint density at radius 3 is 2.60 bits per heavy atom. The highest BCUT2D eigenvalue weighted by atomic mass is 32.2. The van der Waals surface area contributed by atoms with Gasteiger partial charge in [-0.3, -0.25) is 0 Å². The Hall–Kier alpha value is -0.510. The zero-order valence-corrected chi connectivity index (χ0v) is 9.70. The summed E-state index contributed by atoms with van der Waals surface area (Å²) in [5.74, 6) is 1.48. The number of hydrogen-bond donors (Lipinski definition) is 0. The Morgan fingerprint density at radius 1 is 1.27 bits per heavy atom. The zero-order valence-electron chi connectivity index (χ0n) is 8.89. The lowest BCUT2D eigenvalue weighted by Gasteiger charge is -2.17. The van der Waals surface area contributed by atoms with Crippen molar-refractivity contribution in [2.45, 2.75) is 18.1 Å². The van der Waals surface area contributed by atoms with Crippen molar-refractivity contribution in [2.75, 3.05) is 19.0 Å². The molecule has 2 rings (SSSR count). The normalized spacial score (nSPS) is 19.3. The van der Waals surface area contributed by atoms with Crippen LogP contribution in [0.1, 0.15) is 6.92 Å². The van der Waals surface area contributed by atoms with Gasteiger partial charge in [-0.15, -0.1) is 11.8 Å². The van der Waals surface area contributed by atoms with E-state index < -0.39 is 0 Å². The molecular weight excluding hydrogens is 208 g/mol. The molecule has 0 amide bonds. The molecule has 15 heavy (non-hydrogen) atoms. The first-order valence-corrected chi connectivity index (χ1v) is 6.26. The van der Waals surface area contributed by atoms with Crippen LogP contribution in [0.2, 0.25) is 0 Å². The lowest BCUT2D eigenvalue weighted by molar-refractivity contribution is -0.0719. The van der Waals surface area contributed by atoms with E-state index in [1.54, 1.807) is 0 Å². The summed E-state index contributed by atoms with van der Waals surface area (Å²) in [5, 5.41) is 0. The van der Waals surface area contributed by atoms with E-state index in [0.29, 0.717) is 5.92 Å². The fourth-order valence-electron chi connectivity index (χ4n) is 1.53. The van der Waals surface area contributed by atoms with Crippen molar-refractivity contribution in [1.29, 1.82) is 0 Å². The van der Waals surface area contributed by atoms with Crippen molar-refractivity contribution >= 4 is 11.8 Å². The van der Waals surface area contributed by atoms with Crippen LogP contribution >= 0.6 is 11.8 Å². The monoisotopic (exact) mass is 224 g/mol. The van der Waals surface area contributed by atoms with E-state index in [-0.39, 0.29) is 6.29 Å². The van der Waals surface area contributed by atoms with Crippen LogP contribution in [0.4, 0.5) is 0 Å². The van der Waals surface area contributed by atoms with Crippen molar-refractivity contribution in [1.82, 2.24) is 0 Å². The molecular formula is C12H16O2S. The molecule has 0 aromatic heterocycles. The Balaban J connectivity index is 1.77. The van der Waals surface area contributed by atoms with Crippen LogP contribution in [0.25, 0.3) is 0 Å². The molecule has 0 aliphatic carbocycles. The minimum absolute atomic E-state index is 0.00112. The highest BCUT2D eigenvalue weighted by Gasteiger charge is 2.22. The summed E-state index contributed by atoms with van der Waals surface area (Å²) in [7, 11) is 0. The highest BCUT2D eigenvalue weighted by molar-refractivity contribution is 7.99. The maximum absolute atomic E-state index is 5.47. The molecule has 1 fully saturated rings. The number of thioether (sulfide) groups is 1. The van der Waals surface area contributed by atoms with E-state index in [4.69, 9.17) is 9.47 Å². The number of rotatable bonds is 4. The lowest BCUT2D eigenvalue weighted by Crippen LogP contribution is -2.20. The van der Waals surface area contributed by atoms with E-state index in [2.05, 4.69) is 31.2 Å². The summed E-state index contributed by atoms with van der Waals surface area (Å²) < 4.78 is 10.9. The molecule has 1 heterocycles. The summed E-state index contributed by atoms with van der Waals surface area (Å²) in [4.78, 5) is 1.31. The van der Waals surface area contributed by atoms with Crippen LogP contribution in [-0.2, 0) is 9.47 Å². The van der Waals surface area contributed by atoms with Gasteiger partial charge in [0.2, 0.25) is 0 Å². The first-order chi connectivity index (χ1) is 7.36. The maximum Gasteiger partial charge on any atom is 0.161 e.